The summed E-state index contributed by atoms with van der Waals surface area (Å²) in [5.41, 5.74) is 3.93. The van der Waals surface area contributed by atoms with Gasteiger partial charge in [-0.3, -0.25) is 9.88 Å². The Morgan fingerprint density at radius 1 is 0.767 bits per heavy atom. The van der Waals surface area contributed by atoms with E-state index in [2.05, 4.69) is 77.5 Å². The molecule has 0 atom stereocenters. The Kier molecular flexibility index (Phi) is 9.42. The van der Waals surface area contributed by atoms with Crippen molar-refractivity contribution in [1.82, 2.24) is 9.88 Å². The maximum Gasteiger partial charge on any atom is 0.119 e. The summed E-state index contributed by atoms with van der Waals surface area (Å²) < 4.78 is 6.00. The molecule has 1 aromatic heterocycles. The average Bonchev–Trinajstić information content (AvgIpc) is 2.79. The summed E-state index contributed by atoms with van der Waals surface area (Å²) in [5, 5.41) is 0. The van der Waals surface area contributed by atoms with Gasteiger partial charge in [0.25, 0.3) is 0 Å². The van der Waals surface area contributed by atoms with Crippen LogP contribution in [-0.2, 0) is 13.0 Å². The molecule has 3 heteroatoms. The second-order valence-corrected chi connectivity index (χ2v) is 7.85. The molecule has 0 aliphatic heterocycles. The van der Waals surface area contributed by atoms with Crippen LogP contribution in [0.1, 0.15) is 49.3 Å². The first-order valence-electron chi connectivity index (χ1n) is 11.2. The third-order valence-corrected chi connectivity index (χ3v) is 5.27. The molecule has 0 saturated carbocycles. The van der Waals surface area contributed by atoms with E-state index in [1.54, 1.807) is 0 Å². The van der Waals surface area contributed by atoms with Crippen molar-refractivity contribution < 1.29 is 4.74 Å². The lowest BCUT2D eigenvalue weighted by Gasteiger charge is -2.22. The summed E-state index contributed by atoms with van der Waals surface area (Å²) in [6, 6.07) is 23.3. The first kappa shape index (κ1) is 22.0. The van der Waals surface area contributed by atoms with Crippen molar-refractivity contribution in [2.24, 2.45) is 0 Å². The van der Waals surface area contributed by atoms with Crippen molar-refractivity contribution in [2.75, 3.05) is 19.7 Å². The fraction of sp³-hybridized carbons (Fsp3) is 0.370. The van der Waals surface area contributed by atoms with Gasteiger partial charge >= 0.3 is 0 Å². The number of aromatic nitrogens is 1. The zero-order valence-electron chi connectivity index (χ0n) is 18.2. The number of benzene rings is 2. The maximum absolute atomic E-state index is 6.00. The molecule has 0 radical (unpaired) electrons. The van der Waals surface area contributed by atoms with Crippen LogP contribution in [-0.4, -0.2) is 29.6 Å². The second kappa shape index (κ2) is 12.8. The lowest BCUT2D eigenvalue weighted by molar-refractivity contribution is 0.224. The van der Waals surface area contributed by atoms with Crippen molar-refractivity contribution in [3.05, 3.63) is 95.8 Å². The van der Waals surface area contributed by atoms with Crippen LogP contribution >= 0.6 is 0 Å². The monoisotopic (exact) mass is 402 g/mol. The van der Waals surface area contributed by atoms with Crippen LogP contribution in [0.15, 0.2) is 79.1 Å². The molecule has 0 N–H and O–H groups in total. The van der Waals surface area contributed by atoms with Gasteiger partial charge in [-0.1, -0.05) is 68.3 Å². The van der Waals surface area contributed by atoms with Gasteiger partial charge in [0.1, 0.15) is 5.75 Å². The van der Waals surface area contributed by atoms with E-state index in [9.17, 15) is 0 Å². The lowest BCUT2D eigenvalue weighted by Crippen LogP contribution is -2.26. The molecule has 158 valence electrons. The van der Waals surface area contributed by atoms with E-state index in [-0.39, 0.29) is 0 Å². The van der Waals surface area contributed by atoms with Crippen LogP contribution in [0.5, 0.6) is 5.75 Å². The SMILES string of the molecule is CCCCCN(CCCOc1ccc(Cc2ccccc2)cc1)Cc1cccnc1. The molecule has 1 heterocycles. The molecule has 0 aliphatic rings. The minimum atomic E-state index is 0.745. The number of unbranched alkanes of at least 4 members (excludes halogenated alkanes) is 2. The van der Waals surface area contributed by atoms with Crippen molar-refractivity contribution >= 4 is 0 Å². The third-order valence-electron chi connectivity index (χ3n) is 5.27. The molecule has 3 aromatic rings. The topological polar surface area (TPSA) is 25.4 Å². The van der Waals surface area contributed by atoms with Gasteiger partial charge in [-0.15, -0.1) is 0 Å². The van der Waals surface area contributed by atoms with E-state index < -0.39 is 0 Å². The van der Waals surface area contributed by atoms with Crippen molar-refractivity contribution in [1.29, 1.82) is 0 Å². The third kappa shape index (κ3) is 8.00. The molecular weight excluding hydrogens is 368 g/mol. The molecule has 0 bridgehead atoms. The summed E-state index contributed by atoms with van der Waals surface area (Å²) in [4.78, 5) is 6.78. The van der Waals surface area contributed by atoms with Gasteiger partial charge < -0.3 is 4.74 Å². The van der Waals surface area contributed by atoms with E-state index in [1.807, 2.05) is 18.5 Å². The van der Waals surface area contributed by atoms with Crippen LogP contribution in [0.25, 0.3) is 0 Å². The fourth-order valence-corrected chi connectivity index (χ4v) is 3.62. The smallest absolute Gasteiger partial charge is 0.119 e. The normalized spacial score (nSPS) is 11.0. The van der Waals surface area contributed by atoms with Crippen LogP contribution in [0.2, 0.25) is 0 Å². The van der Waals surface area contributed by atoms with E-state index in [1.165, 1.54) is 36.0 Å². The summed E-state index contributed by atoms with van der Waals surface area (Å²) in [6.45, 7) is 6.15. The van der Waals surface area contributed by atoms with Crippen molar-refractivity contribution in [2.45, 2.75) is 45.6 Å². The van der Waals surface area contributed by atoms with Gasteiger partial charge in [-0.25, -0.2) is 0 Å². The highest BCUT2D eigenvalue weighted by Gasteiger charge is 2.06. The zero-order valence-corrected chi connectivity index (χ0v) is 18.2. The lowest BCUT2D eigenvalue weighted by atomic mass is 10.1. The average molecular weight is 403 g/mol. The van der Waals surface area contributed by atoms with Gasteiger partial charge in [0.2, 0.25) is 0 Å². The molecule has 0 saturated heterocycles. The zero-order chi connectivity index (χ0) is 20.9. The number of rotatable bonds is 13. The second-order valence-electron chi connectivity index (χ2n) is 7.85. The Balaban J connectivity index is 1.42. The van der Waals surface area contributed by atoms with Crippen LogP contribution < -0.4 is 4.74 Å². The molecule has 3 rings (SSSR count). The molecule has 0 spiro atoms. The van der Waals surface area contributed by atoms with Gasteiger partial charge in [-0.2, -0.15) is 0 Å². The van der Waals surface area contributed by atoms with E-state index >= 15 is 0 Å². The Morgan fingerprint density at radius 2 is 1.50 bits per heavy atom. The molecular formula is C27H34N2O. The maximum atomic E-state index is 6.00. The molecule has 0 amide bonds. The van der Waals surface area contributed by atoms with Crippen LogP contribution in [0.3, 0.4) is 0 Å². The van der Waals surface area contributed by atoms with Crippen molar-refractivity contribution in [3.8, 4) is 5.75 Å². The predicted molar refractivity (Wildman–Crippen MR) is 125 cm³/mol. The standard InChI is InChI=1S/C27H34N2O/c1-2-3-7-18-29(23-26-12-8-17-28-22-26)19-9-20-30-27-15-13-25(14-16-27)21-24-10-5-4-6-11-24/h4-6,8,10-17,22H,2-3,7,9,18-21,23H2,1H3. The first-order chi connectivity index (χ1) is 14.8. The summed E-state index contributed by atoms with van der Waals surface area (Å²) in [6.07, 6.45) is 9.59. The minimum absolute atomic E-state index is 0.745. The first-order valence-corrected chi connectivity index (χ1v) is 11.2. The minimum Gasteiger partial charge on any atom is -0.494 e. The summed E-state index contributed by atoms with van der Waals surface area (Å²) >= 11 is 0. The Bertz CT molecular complexity index is 819. The highest BCUT2D eigenvalue weighted by molar-refractivity contribution is 5.31. The molecule has 3 nitrogen and oxygen atoms in total. The Morgan fingerprint density at radius 3 is 2.23 bits per heavy atom. The highest BCUT2D eigenvalue weighted by atomic mass is 16.5. The van der Waals surface area contributed by atoms with Gasteiger partial charge in [-0.05, 0) is 60.7 Å². The summed E-state index contributed by atoms with van der Waals surface area (Å²) in [5.74, 6) is 0.955. The van der Waals surface area contributed by atoms with Gasteiger partial charge in [0.15, 0.2) is 0 Å². The largest absolute Gasteiger partial charge is 0.494 e. The number of hydrogen-bond donors (Lipinski definition) is 0. The molecule has 0 unspecified atom stereocenters. The number of ether oxygens (including phenoxy) is 1. The van der Waals surface area contributed by atoms with Gasteiger partial charge in [0.05, 0.1) is 6.61 Å². The van der Waals surface area contributed by atoms with Gasteiger partial charge in [0, 0.05) is 25.5 Å². The quantitative estimate of drug-likeness (QED) is 0.321. The Hall–Kier alpha value is -2.65. The predicted octanol–water partition coefficient (Wildman–Crippen LogP) is 6.13. The van der Waals surface area contributed by atoms with E-state index in [4.69, 9.17) is 4.74 Å². The fourth-order valence-electron chi connectivity index (χ4n) is 3.62. The van der Waals surface area contributed by atoms with E-state index in [0.29, 0.717) is 0 Å². The molecule has 0 fully saturated rings. The number of hydrogen-bond acceptors (Lipinski definition) is 3. The van der Waals surface area contributed by atoms with E-state index in [0.717, 1.165) is 44.8 Å². The molecule has 0 aliphatic carbocycles. The van der Waals surface area contributed by atoms with Crippen LogP contribution in [0, 0.1) is 0 Å². The molecule has 30 heavy (non-hydrogen) atoms. The Labute approximate surface area is 181 Å². The number of nitrogens with zero attached hydrogens (tertiary/aromatic N) is 2. The van der Waals surface area contributed by atoms with Crippen LogP contribution in [0.4, 0.5) is 0 Å². The summed E-state index contributed by atoms with van der Waals surface area (Å²) in [7, 11) is 0. The molecule has 2 aromatic carbocycles. The highest BCUT2D eigenvalue weighted by Crippen LogP contribution is 2.16. The number of pyridine rings is 1. The van der Waals surface area contributed by atoms with Crippen molar-refractivity contribution in [3.63, 3.8) is 0 Å².